The molecule has 0 fully saturated rings. The van der Waals surface area contributed by atoms with Gasteiger partial charge in [0.1, 0.15) is 11.6 Å². The molecule has 2 N–H and O–H groups in total. The summed E-state index contributed by atoms with van der Waals surface area (Å²) < 4.78 is 25.4. The molecular formula is C10H9F2NO. The van der Waals surface area contributed by atoms with E-state index in [1.807, 2.05) is 0 Å². The van der Waals surface area contributed by atoms with Crippen LogP contribution in [0, 0.1) is 11.6 Å². The quantitative estimate of drug-likeness (QED) is 0.722. The monoisotopic (exact) mass is 197 g/mol. The second-order valence-electron chi connectivity index (χ2n) is 2.89. The van der Waals surface area contributed by atoms with Gasteiger partial charge in [-0.3, -0.25) is 4.79 Å². The van der Waals surface area contributed by atoms with Crippen LogP contribution >= 0.6 is 0 Å². The fourth-order valence-corrected chi connectivity index (χ4v) is 0.980. The average molecular weight is 197 g/mol. The average Bonchev–Trinajstić information content (AvgIpc) is 2.01. The van der Waals surface area contributed by atoms with Gasteiger partial charge in [-0.1, -0.05) is 0 Å². The maximum Gasteiger partial charge on any atom is 0.244 e. The smallest absolute Gasteiger partial charge is 0.244 e. The van der Waals surface area contributed by atoms with Crippen molar-refractivity contribution in [2.24, 2.45) is 5.73 Å². The van der Waals surface area contributed by atoms with E-state index in [4.69, 9.17) is 5.73 Å². The summed E-state index contributed by atoms with van der Waals surface area (Å²) in [5.74, 6) is -1.99. The molecule has 0 aliphatic heterocycles. The van der Waals surface area contributed by atoms with Gasteiger partial charge in [0, 0.05) is 11.6 Å². The summed E-state index contributed by atoms with van der Waals surface area (Å²) in [5.41, 5.74) is 5.49. The van der Waals surface area contributed by atoms with Gasteiger partial charge in [-0.2, -0.15) is 0 Å². The Morgan fingerprint density at radius 3 is 2.21 bits per heavy atom. The zero-order chi connectivity index (χ0) is 10.7. The van der Waals surface area contributed by atoms with Crippen molar-refractivity contribution in [3.8, 4) is 0 Å². The number of carbonyl (C=O) groups excluding carboxylic acids is 1. The van der Waals surface area contributed by atoms with E-state index in [-0.39, 0.29) is 11.1 Å². The summed E-state index contributed by atoms with van der Waals surface area (Å²) in [6.07, 6.45) is 1.33. The third-order valence-corrected chi connectivity index (χ3v) is 1.66. The van der Waals surface area contributed by atoms with Crippen LogP contribution in [0.15, 0.2) is 23.8 Å². The van der Waals surface area contributed by atoms with Crippen molar-refractivity contribution in [2.75, 3.05) is 0 Å². The minimum absolute atomic E-state index is 0.245. The number of benzene rings is 1. The lowest BCUT2D eigenvalue weighted by Gasteiger charge is -1.97. The number of hydrogen-bond donors (Lipinski definition) is 1. The first kappa shape index (κ1) is 10.4. The third kappa shape index (κ3) is 2.65. The van der Waals surface area contributed by atoms with E-state index in [9.17, 15) is 13.6 Å². The van der Waals surface area contributed by atoms with E-state index in [0.29, 0.717) is 0 Å². The van der Waals surface area contributed by atoms with Gasteiger partial charge in [0.15, 0.2) is 0 Å². The number of rotatable bonds is 2. The Hall–Kier alpha value is -1.71. The Morgan fingerprint density at radius 2 is 1.79 bits per heavy atom. The van der Waals surface area contributed by atoms with E-state index < -0.39 is 17.5 Å². The van der Waals surface area contributed by atoms with Crippen LogP contribution in [0.4, 0.5) is 8.78 Å². The first-order valence-corrected chi connectivity index (χ1v) is 3.93. The molecule has 0 saturated heterocycles. The highest BCUT2D eigenvalue weighted by molar-refractivity contribution is 5.95. The van der Waals surface area contributed by atoms with Crippen LogP contribution in [0.2, 0.25) is 0 Å². The summed E-state index contributed by atoms with van der Waals surface area (Å²) in [5, 5.41) is 0. The highest BCUT2D eigenvalue weighted by Crippen LogP contribution is 2.11. The predicted molar refractivity (Wildman–Crippen MR) is 49.2 cm³/mol. The van der Waals surface area contributed by atoms with Crippen LogP contribution in [0.25, 0.3) is 6.08 Å². The van der Waals surface area contributed by atoms with E-state index in [1.165, 1.54) is 13.0 Å². The Balaban J connectivity index is 3.08. The minimum atomic E-state index is -0.687. The molecule has 1 aromatic carbocycles. The fraction of sp³-hybridized carbons (Fsp3) is 0.100. The molecular weight excluding hydrogens is 188 g/mol. The molecule has 0 bridgehead atoms. The Bertz CT molecular complexity index is 379. The molecule has 0 saturated carbocycles. The van der Waals surface area contributed by atoms with Gasteiger partial charge in [-0.05, 0) is 30.7 Å². The van der Waals surface area contributed by atoms with Gasteiger partial charge in [0.25, 0.3) is 0 Å². The lowest BCUT2D eigenvalue weighted by molar-refractivity contribution is -0.114. The van der Waals surface area contributed by atoms with E-state index in [2.05, 4.69) is 0 Å². The SMILES string of the molecule is CC(=Cc1cc(F)cc(F)c1)C(N)=O. The molecule has 0 atom stereocenters. The first-order chi connectivity index (χ1) is 6.49. The maximum absolute atomic E-state index is 12.7. The summed E-state index contributed by atoms with van der Waals surface area (Å²) in [7, 11) is 0. The van der Waals surface area contributed by atoms with Crippen molar-refractivity contribution in [3.05, 3.63) is 41.0 Å². The molecule has 0 aliphatic rings. The van der Waals surface area contributed by atoms with E-state index >= 15 is 0 Å². The molecule has 0 spiro atoms. The van der Waals surface area contributed by atoms with E-state index in [1.54, 1.807) is 0 Å². The highest BCUT2D eigenvalue weighted by Gasteiger charge is 2.01. The van der Waals surface area contributed by atoms with Gasteiger partial charge < -0.3 is 5.73 Å². The summed E-state index contributed by atoms with van der Waals surface area (Å²) in [4.78, 5) is 10.6. The lowest BCUT2D eigenvalue weighted by Crippen LogP contribution is -2.11. The van der Waals surface area contributed by atoms with E-state index in [0.717, 1.165) is 18.2 Å². The second-order valence-corrected chi connectivity index (χ2v) is 2.89. The summed E-state index contributed by atoms with van der Waals surface area (Å²) in [6, 6.07) is 3.00. The molecule has 0 aliphatic carbocycles. The maximum atomic E-state index is 12.7. The molecule has 14 heavy (non-hydrogen) atoms. The summed E-state index contributed by atoms with van der Waals surface area (Å²) >= 11 is 0. The van der Waals surface area contributed by atoms with Crippen LogP contribution < -0.4 is 5.73 Å². The Morgan fingerprint density at radius 1 is 1.29 bits per heavy atom. The second kappa shape index (κ2) is 4.00. The van der Waals surface area contributed by atoms with Gasteiger partial charge in [0.05, 0.1) is 0 Å². The van der Waals surface area contributed by atoms with Crippen molar-refractivity contribution in [1.29, 1.82) is 0 Å². The zero-order valence-electron chi connectivity index (χ0n) is 7.55. The van der Waals surface area contributed by atoms with Gasteiger partial charge in [-0.25, -0.2) is 8.78 Å². The molecule has 0 heterocycles. The minimum Gasteiger partial charge on any atom is -0.366 e. The van der Waals surface area contributed by atoms with Crippen molar-refractivity contribution >= 4 is 12.0 Å². The molecule has 0 radical (unpaired) electrons. The fourth-order valence-electron chi connectivity index (χ4n) is 0.980. The van der Waals surface area contributed by atoms with Crippen LogP contribution in [-0.2, 0) is 4.79 Å². The number of amides is 1. The third-order valence-electron chi connectivity index (χ3n) is 1.66. The molecule has 0 unspecified atom stereocenters. The molecule has 4 heteroatoms. The highest BCUT2D eigenvalue weighted by atomic mass is 19.1. The molecule has 2 nitrogen and oxygen atoms in total. The molecule has 1 amide bonds. The van der Waals surface area contributed by atoms with Crippen molar-refractivity contribution in [1.82, 2.24) is 0 Å². The lowest BCUT2D eigenvalue weighted by atomic mass is 10.1. The van der Waals surface area contributed by atoms with Crippen molar-refractivity contribution in [3.63, 3.8) is 0 Å². The Labute approximate surface area is 80.0 Å². The Kier molecular flexibility index (Phi) is 2.96. The number of hydrogen-bond acceptors (Lipinski definition) is 1. The molecule has 0 aromatic heterocycles. The van der Waals surface area contributed by atoms with Crippen LogP contribution in [-0.4, -0.2) is 5.91 Å². The first-order valence-electron chi connectivity index (χ1n) is 3.93. The number of nitrogens with two attached hydrogens (primary N) is 1. The van der Waals surface area contributed by atoms with Crippen LogP contribution in [0.5, 0.6) is 0 Å². The summed E-state index contributed by atoms with van der Waals surface area (Å²) in [6.45, 7) is 1.48. The van der Waals surface area contributed by atoms with Crippen molar-refractivity contribution < 1.29 is 13.6 Å². The van der Waals surface area contributed by atoms with Gasteiger partial charge in [-0.15, -0.1) is 0 Å². The number of primary amides is 1. The van der Waals surface area contributed by atoms with Crippen molar-refractivity contribution in [2.45, 2.75) is 6.92 Å². The van der Waals surface area contributed by atoms with Crippen LogP contribution in [0.3, 0.4) is 0 Å². The topological polar surface area (TPSA) is 43.1 Å². The number of halogens is 2. The molecule has 74 valence electrons. The standard InChI is InChI=1S/C10H9F2NO/c1-6(10(13)14)2-7-3-8(11)5-9(12)4-7/h2-5H,1H3,(H2,13,14). The van der Waals surface area contributed by atoms with Gasteiger partial charge in [0.2, 0.25) is 5.91 Å². The molecule has 1 rings (SSSR count). The largest absolute Gasteiger partial charge is 0.366 e. The van der Waals surface area contributed by atoms with Crippen LogP contribution in [0.1, 0.15) is 12.5 Å². The normalized spacial score (nSPS) is 11.5. The number of carbonyl (C=O) groups is 1. The van der Waals surface area contributed by atoms with Gasteiger partial charge >= 0.3 is 0 Å². The zero-order valence-corrected chi connectivity index (χ0v) is 7.55. The molecule has 1 aromatic rings. The predicted octanol–water partition coefficient (Wildman–Crippen LogP) is 1.85.